The number of hydrogen-bond acceptors (Lipinski definition) is 6. The van der Waals surface area contributed by atoms with Crippen LogP contribution in [0.2, 0.25) is 0 Å². The standard InChI is InChI=1S/C16H18N6/c1-2-6-10-11(9-7-4-3-5-8-9)12-14(18)21-16(19)22-15(12)20-13(10)17/h3-5,7-8H,2,6H2,1H3,(H6,17,18,19,20,21,22). The third-order valence-electron chi connectivity index (χ3n) is 3.58. The van der Waals surface area contributed by atoms with Gasteiger partial charge in [-0.1, -0.05) is 43.7 Å². The second-order valence-corrected chi connectivity index (χ2v) is 5.13. The first-order chi connectivity index (χ1) is 10.6. The number of aromatic nitrogens is 3. The topological polar surface area (TPSA) is 117 Å². The van der Waals surface area contributed by atoms with Crippen LogP contribution in [0.3, 0.4) is 0 Å². The fourth-order valence-electron chi connectivity index (χ4n) is 2.69. The van der Waals surface area contributed by atoms with Crippen LogP contribution in [0.15, 0.2) is 30.3 Å². The van der Waals surface area contributed by atoms with Crippen molar-refractivity contribution in [3.63, 3.8) is 0 Å². The lowest BCUT2D eigenvalue weighted by atomic mass is 9.94. The highest BCUT2D eigenvalue weighted by Gasteiger charge is 2.18. The molecule has 0 spiro atoms. The van der Waals surface area contributed by atoms with E-state index in [1.165, 1.54) is 0 Å². The minimum Gasteiger partial charge on any atom is -0.383 e. The van der Waals surface area contributed by atoms with Gasteiger partial charge in [-0.15, -0.1) is 0 Å². The maximum absolute atomic E-state index is 6.16. The van der Waals surface area contributed by atoms with Crippen LogP contribution in [-0.4, -0.2) is 15.0 Å². The van der Waals surface area contributed by atoms with Gasteiger partial charge in [-0.3, -0.25) is 0 Å². The van der Waals surface area contributed by atoms with Gasteiger partial charge in [0.05, 0.1) is 5.39 Å². The molecule has 2 aromatic heterocycles. The van der Waals surface area contributed by atoms with Gasteiger partial charge in [0.2, 0.25) is 5.95 Å². The Morgan fingerprint density at radius 1 is 0.909 bits per heavy atom. The average molecular weight is 294 g/mol. The summed E-state index contributed by atoms with van der Waals surface area (Å²) in [5.74, 6) is 0.885. The molecule has 0 unspecified atom stereocenters. The van der Waals surface area contributed by atoms with Crippen molar-refractivity contribution in [2.75, 3.05) is 17.2 Å². The number of hydrogen-bond donors (Lipinski definition) is 3. The zero-order valence-corrected chi connectivity index (χ0v) is 12.4. The molecule has 3 aromatic rings. The Morgan fingerprint density at radius 2 is 1.64 bits per heavy atom. The number of fused-ring (bicyclic) bond motifs is 1. The van der Waals surface area contributed by atoms with Crippen molar-refractivity contribution >= 4 is 28.6 Å². The first-order valence-electron chi connectivity index (χ1n) is 7.18. The maximum Gasteiger partial charge on any atom is 0.224 e. The molecule has 0 atom stereocenters. The van der Waals surface area contributed by atoms with Crippen molar-refractivity contribution < 1.29 is 0 Å². The summed E-state index contributed by atoms with van der Waals surface area (Å²) >= 11 is 0. The Kier molecular flexibility index (Phi) is 3.50. The Hall–Kier alpha value is -2.89. The molecule has 0 saturated carbocycles. The molecule has 6 heteroatoms. The number of benzene rings is 1. The Morgan fingerprint density at radius 3 is 2.32 bits per heavy atom. The van der Waals surface area contributed by atoms with Gasteiger partial charge in [-0.05, 0) is 12.0 Å². The monoisotopic (exact) mass is 294 g/mol. The molecule has 0 fully saturated rings. The molecule has 0 aliphatic heterocycles. The van der Waals surface area contributed by atoms with E-state index in [1.54, 1.807) is 0 Å². The maximum atomic E-state index is 6.16. The summed E-state index contributed by atoms with van der Waals surface area (Å²) in [6, 6.07) is 9.95. The highest BCUT2D eigenvalue weighted by Crippen LogP contribution is 2.36. The molecule has 2 heterocycles. The van der Waals surface area contributed by atoms with Gasteiger partial charge in [0.15, 0.2) is 5.65 Å². The molecular formula is C16H18N6. The molecule has 0 amide bonds. The third kappa shape index (κ3) is 2.28. The highest BCUT2D eigenvalue weighted by atomic mass is 15.1. The van der Waals surface area contributed by atoms with Crippen LogP contribution in [0.4, 0.5) is 17.6 Å². The summed E-state index contributed by atoms with van der Waals surface area (Å²) in [6.07, 6.45) is 1.76. The van der Waals surface area contributed by atoms with E-state index < -0.39 is 0 Å². The lowest BCUT2D eigenvalue weighted by molar-refractivity contribution is 0.921. The normalized spacial score (nSPS) is 11.0. The smallest absolute Gasteiger partial charge is 0.224 e. The minimum absolute atomic E-state index is 0.0964. The van der Waals surface area contributed by atoms with E-state index in [4.69, 9.17) is 17.2 Å². The van der Waals surface area contributed by atoms with Crippen LogP contribution < -0.4 is 17.2 Å². The second-order valence-electron chi connectivity index (χ2n) is 5.13. The van der Waals surface area contributed by atoms with Crippen molar-refractivity contribution in [2.45, 2.75) is 19.8 Å². The van der Waals surface area contributed by atoms with Crippen LogP contribution in [0, 0.1) is 0 Å². The van der Waals surface area contributed by atoms with Crippen LogP contribution in [0.1, 0.15) is 18.9 Å². The molecule has 0 saturated heterocycles. The van der Waals surface area contributed by atoms with E-state index in [1.807, 2.05) is 30.3 Å². The Bertz CT molecular complexity index is 829. The van der Waals surface area contributed by atoms with Crippen LogP contribution in [-0.2, 0) is 6.42 Å². The Labute approximate surface area is 128 Å². The van der Waals surface area contributed by atoms with E-state index in [9.17, 15) is 0 Å². The van der Waals surface area contributed by atoms with Crippen LogP contribution >= 0.6 is 0 Å². The summed E-state index contributed by atoms with van der Waals surface area (Å²) < 4.78 is 0. The molecule has 3 rings (SSSR count). The summed E-state index contributed by atoms with van der Waals surface area (Å²) in [5, 5.41) is 0.707. The molecule has 112 valence electrons. The van der Waals surface area contributed by atoms with Gasteiger partial charge in [0, 0.05) is 11.1 Å². The Balaban J connectivity index is 2.46. The van der Waals surface area contributed by atoms with Gasteiger partial charge >= 0.3 is 0 Å². The molecule has 6 nitrogen and oxygen atoms in total. The molecule has 22 heavy (non-hydrogen) atoms. The molecule has 0 aliphatic carbocycles. The van der Waals surface area contributed by atoms with Crippen molar-refractivity contribution in [2.24, 2.45) is 0 Å². The number of nitrogens with two attached hydrogens (primary N) is 3. The quantitative estimate of drug-likeness (QED) is 0.682. The van der Waals surface area contributed by atoms with Gasteiger partial charge in [0.1, 0.15) is 11.6 Å². The second kappa shape index (κ2) is 5.48. The summed E-state index contributed by atoms with van der Waals surface area (Å²) in [4.78, 5) is 12.6. The lowest BCUT2D eigenvalue weighted by Crippen LogP contribution is -2.07. The average Bonchev–Trinajstić information content (AvgIpc) is 2.49. The first kappa shape index (κ1) is 14.1. The fraction of sp³-hybridized carbons (Fsp3) is 0.188. The van der Waals surface area contributed by atoms with E-state index in [0.717, 1.165) is 29.5 Å². The van der Waals surface area contributed by atoms with E-state index >= 15 is 0 Å². The lowest BCUT2D eigenvalue weighted by Gasteiger charge is -2.15. The first-order valence-corrected chi connectivity index (χ1v) is 7.18. The van der Waals surface area contributed by atoms with Crippen molar-refractivity contribution in [1.82, 2.24) is 15.0 Å². The number of pyridine rings is 1. The molecular weight excluding hydrogens is 276 g/mol. The molecule has 0 aliphatic rings. The molecule has 0 radical (unpaired) electrons. The van der Waals surface area contributed by atoms with Crippen LogP contribution in [0.5, 0.6) is 0 Å². The van der Waals surface area contributed by atoms with Gasteiger partial charge < -0.3 is 17.2 Å². The summed E-state index contributed by atoms with van der Waals surface area (Å²) in [6.45, 7) is 2.10. The minimum atomic E-state index is 0.0964. The summed E-state index contributed by atoms with van der Waals surface area (Å²) in [7, 11) is 0. The third-order valence-corrected chi connectivity index (χ3v) is 3.58. The van der Waals surface area contributed by atoms with E-state index in [-0.39, 0.29) is 5.95 Å². The number of rotatable bonds is 3. The van der Waals surface area contributed by atoms with Crippen molar-refractivity contribution in [1.29, 1.82) is 0 Å². The SMILES string of the molecule is CCCc1c(N)nc2nc(N)nc(N)c2c1-c1ccccc1. The van der Waals surface area contributed by atoms with Crippen molar-refractivity contribution in [3.05, 3.63) is 35.9 Å². The van der Waals surface area contributed by atoms with E-state index in [2.05, 4.69) is 21.9 Å². The zero-order chi connectivity index (χ0) is 15.7. The van der Waals surface area contributed by atoms with Gasteiger partial charge in [0.25, 0.3) is 0 Å². The van der Waals surface area contributed by atoms with Crippen LogP contribution in [0.25, 0.3) is 22.2 Å². The predicted octanol–water partition coefficient (Wildman–Crippen LogP) is 2.39. The van der Waals surface area contributed by atoms with Gasteiger partial charge in [-0.2, -0.15) is 9.97 Å². The zero-order valence-electron chi connectivity index (χ0n) is 12.4. The number of nitrogens with zero attached hydrogens (tertiary/aromatic N) is 3. The predicted molar refractivity (Wildman–Crippen MR) is 90.0 cm³/mol. The number of anilines is 3. The number of nitrogen functional groups attached to an aromatic ring is 3. The molecule has 6 N–H and O–H groups in total. The van der Waals surface area contributed by atoms with E-state index in [0.29, 0.717) is 22.7 Å². The van der Waals surface area contributed by atoms with Gasteiger partial charge in [-0.25, -0.2) is 4.98 Å². The molecule has 1 aromatic carbocycles. The highest BCUT2D eigenvalue weighted by molar-refractivity contribution is 6.02. The fourth-order valence-corrected chi connectivity index (χ4v) is 2.69. The molecule has 0 bridgehead atoms. The largest absolute Gasteiger partial charge is 0.383 e. The van der Waals surface area contributed by atoms with Crippen molar-refractivity contribution in [3.8, 4) is 11.1 Å². The summed E-state index contributed by atoms with van der Waals surface area (Å²) in [5.41, 5.74) is 21.3.